The van der Waals surface area contributed by atoms with Crippen molar-refractivity contribution in [2.75, 3.05) is 13.1 Å². The van der Waals surface area contributed by atoms with Crippen LogP contribution in [0.3, 0.4) is 0 Å². The molecule has 2 fully saturated rings. The quantitative estimate of drug-likeness (QED) is 0.754. The Kier molecular flexibility index (Phi) is 2.36. The largest absolute Gasteiger partial charge is 0.444 e. The average molecular weight is 250 g/mol. The molecule has 6 nitrogen and oxygen atoms in total. The monoisotopic (exact) mass is 250 g/mol. The van der Waals surface area contributed by atoms with Gasteiger partial charge in [-0.2, -0.15) is 0 Å². The summed E-state index contributed by atoms with van der Waals surface area (Å²) in [6.45, 7) is 7.23. The zero-order chi connectivity index (χ0) is 12.9. The fourth-order valence-electron chi connectivity index (χ4n) is 2.78. The van der Waals surface area contributed by atoms with Crippen molar-refractivity contribution in [1.29, 1.82) is 0 Å². The van der Waals surface area contributed by atoms with Gasteiger partial charge in [-0.05, 0) is 20.8 Å². The maximum absolute atomic E-state index is 11.9. The highest BCUT2D eigenvalue weighted by Gasteiger charge is 2.58. The number of carbonyl (C=O) groups is 1. The minimum atomic E-state index is -0.419. The lowest BCUT2D eigenvalue weighted by Gasteiger charge is -2.25. The molecule has 0 N–H and O–H groups in total. The molecule has 0 radical (unpaired) electrons. The van der Waals surface area contributed by atoms with Crippen LogP contribution in [-0.4, -0.2) is 44.4 Å². The standard InChI is InChI=1S/C12H18N4O2/c1-12(2,3)18-11(17)15-4-8-9(5-15)10(8)16-6-13-14-7-16/h6-10H,4-5H2,1-3H3/t8-,9+,10?. The van der Waals surface area contributed by atoms with E-state index in [2.05, 4.69) is 10.2 Å². The Morgan fingerprint density at radius 3 is 2.28 bits per heavy atom. The second kappa shape index (κ2) is 3.70. The molecule has 1 unspecified atom stereocenters. The summed E-state index contributed by atoms with van der Waals surface area (Å²) < 4.78 is 7.42. The summed E-state index contributed by atoms with van der Waals surface area (Å²) in [7, 11) is 0. The number of hydrogen-bond acceptors (Lipinski definition) is 4. The average Bonchev–Trinajstić information content (AvgIpc) is 2.76. The number of piperidine rings is 1. The number of fused-ring (bicyclic) bond motifs is 1. The molecule has 3 rings (SSSR count). The van der Waals surface area contributed by atoms with E-state index in [0.717, 1.165) is 13.1 Å². The van der Waals surface area contributed by atoms with Gasteiger partial charge >= 0.3 is 6.09 Å². The highest BCUT2D eigenvalue weighted by Crippen LogP contribution is 2.55. The maximum atomic E-state index is 11.9. The van der Waals surface area contributed by atoms with Crippen molar-refractivity contribution < 1.29 is 9.53 Å². The van der Waals surface area contributed by atoms with Crippen molar-refractivity contribution in [2.24, 2.45) is 11.8 Å². The van der Waals surface area contributed by atoms with Crippen LogP contribution in [0.2, 0.25) is 0 Å². The topological polar surface area (TPSA) is 60.2 Å². The van der Waals surface area contributed by atoms with E-state index >= 15 is 0 Å². The number of likely N-dealkylation sites (tertiary alicyclic amines) is 1. The molecule has 1 saturated heterocycles. The van der Waals surface area contributed by atoms with Crippen molar-refractivity contribution in [1.82, 2.24) is 19.7 Å². The molecular weight excluding hydrogens is 232 g/mol. The van der Waals surface area contributed by atoms with Crippen molar-refractivity contribution in [3.63, 3.8) is 0 Å². The smallest absolute Gasteiger partial charge is 0.410 e. The highest BCUT2D eigenvalue weighted by atomic mass is 16.6. The Balaban J connectivity index is 1.56. The second-order valence-electron chi connectivity index (χ2n) is 6.11. The van der Waals surface area contributed by atoms with E-state index < -0.39 is 5.60 Å². The van der Waals surface area contributed by atoms with Crippen LogP contribution in [-0.2, 0) is 4.74 Å². The first kappa shape index (κ1) is 11.5. The molecule has 1 aromatic heterocycles. The van der Waals surface area contributed by atoms with Gasteiger partial charge in [-0.15, -0.1) is 10.2 Å². The van der Waals surface area contributed by atoms with Gasteiger partial charge in [0.2, 0.25) is 0 Å². The van der Waals surface area contributed by atoms with Crippen LogP contribution in [0.5, 0.6) is 0 Å². The third kappa shape index (κ3) is 1.95. The Morgan fingerprint density at radius 2 is 1.78 bits per heavy atom. The lowest BCUT2D eigenvalue weighted by Crippen LogP contribution is -2.37. The lowest BCUT2D eigenvalue weighted by atomic mass is 10.2. The third-order valence-electron chi connectivity index (χ3n) is 3.58. The van der Waals surface area contributed by atoms with Gasteiger partial charge in [0.05, 0.1) is 0 Å². The third-order valence-corrected chi connectivity index (χ3v) is 3.58. The Labute approximate surface area is 106 Å². The Hall–Kier alpha value is -1.59. The van der Waals surface area contributed by atoms with Crippen LogP contribution in [0.25, 0.3) is 0 Å². The van der Waals surface area contributed by atoms with Crippen LogP contribution in [0.1, 0.15) is 26.8 Å². The number of hydrogen-bond donors (Lipinski definition) is 0. The van der Waals surface area contributed by atoms with Crippen LogP contribution in [0, 0.1) is 11.8 Å². The molecule has 98 valence electrons. The minimum absolute atomic E-state index is 0.197. The second-order valence-corrected chi connectivity index (χ2v) is 6.11. The predicted molar refractivity (Wildman–Crippen MR) is 63.8 cm³/mol. The highest BCUT2D eigenvalue weighted by molar-refractivity contribution is 5.69. The molecule has 1 amide bonds. The molecule has 1 aromatic rings. The van der Waals surface area contributed by atoms with Gasteiger partial charge in [-0.1, -0.05) is 0 Å². The zero-order valence-electron chi connectivity index (χ0n) is 10.9. The molecule has 6 heteroatoms. The van der Waals surface area contributed by atoms with Crippen LogP contribution in [0.15, 0.2) is 12.7 Å². The number of nitrogens with zero attached hydrogens (tertiary/aromatic N) is 4. The Morgan fingerprint density at radius 1 is 1.22 bits per heavy atom. The molecule has 1 aliphatic heterocycles. The summed E-state index contributed by atoms with van der Waals surface area (Å²) in [4.78, 5) is 13.7. The van der Waals surface area contributed by atoms with Gasteiger partial charge in [0.15, 0.2) is 0 Å². The summed E-state index contributed by atoms with van der Waals surface area (Å²) >= 11 is 0. The number of aromatic nitrogens is 3. The van der Waals surface area contributed by atoms with Crippen LogP contribution < -0.4 is 0 Å². The number of rotatable bonds is 1. The maximum Gasteiger partial charge on any atom is 0.410 e. The van der Waals surface area contributed by atoms with Gasteiger partial charge in [0.1, 0.15) is 18.3 Å². The lowest BCUT2D eigenvalue weighted by molar-refractivity contribution is 0.0266. The van der Waals surface area contributed by atoms with E-state index in [9.17, 15) is 4.79 Å². The minimum Gasteiger partial charge on any atom is -0.444 e. The molecule has 0 bridgehead atoms. The normalized spacial score (nSPS) is 30.2. The number of amides is 1. The molecule has 2 heterocycles. The summed E-state index contributed by atoms with van der Waals surface area (Å²) in [6.07, 6.45) is 3.30. The van der Waals surface area contributed by atoms with E-state index in [1.165, 1.54) is 0 Å². The number of carbonyl (C=O) groups excluding carboxylic acids is 1. The van der Waals surface area contributed by atoms with E-state index in [1.54, 1.807) is 17.6 Å². The predicted octanol–water partition coefficient (Wildman–Crippen LogP) is 1.32. The van der Waals surface area contributed by atoms with Crippen molar-refractivity contribution in [3.8, 4) is 0 Å². The van der Waals surface area contributed by atoms with Crippen molar-refractivity contribution in [2.45, 2.75) is 32.4 Å². The van der Waals surface area contributed by atoms with Crippen LogP contribution in [0.4, 0.5) is 4.79 Å². The fourth-order valence-corrected chi connectivity index (χ4v) is 2.78. The molecular formula is C12H18N4O2. The van der Waals surface area contributed by atoms with E-state index in [0.29, 0.717) is 17.9 Å². The summed E-state index contributed by atoms with van der Waals surface area (Å²) in [6, 6.07) is 0.471. The molecule has 0 aromatic carbocycles. The number of ether oxygens (including phenoxy) is 1. The first-order valence-electron chi connectivity index (χ1n) is 6.28. The van der Waals surface area contributed by atoms with Crippen molar-refractivity contribution >= 4 is 6.09 Å². The first-order valence-corrected chi connectivity index (χ1v) is 6.28. The SMILES string of the molecule is CC(C)(C)OC(=O)N1C[C@@H]2C(n3cnnc3)[C@@H]2C1. The molecule has 1 saturated carbocycles. The molecule has 0 spiro atoms. The summed E-state index contributed by atoms with van der Waals surface area (Å²) in [5, 5.41) is 7.64. The van der Waals surface area contributed by atoms with Crippen LogP contribution >= 0.6 is 0 Å². The van der Waals surface area contributed by atoms with Gasteiger partial charge in [0, 0.05) is 31.0 Å². The van der Waals surface area contributed by atoms with E-state index in [-0.39, 0.29) is 6.09 Å². The van der Waals surface area contributed by atoms with Gasteiger partial charge < -0.3 is 14.2 Å². The van der Waals surface area contributed by atoms with E-state index in [1.807, 2.05) is 25.3 Å². The molecule has 3 atom stereocenters. The van der Waals surface area contributed by atoms with Gasteiger partial charge in [-0.25, -0.2) is 4.79 Å². The zero-order valence-corrected chi connectivity index (χ0v) is 10.9. The van der Waals surface area contributed by atoms with E-state index in [4.69, 9.17) is 4.74 Å². The Bertz CT molecular complexity index is 439. The molecule has 18 heavy (non-hydrogen) atoms. The summed E-state index contributed by atoms with van der Waals surface area (Å²) in [5.74, 6) is 1.07. The molecule has 1 aliphatic carbocycles. The van der Waals surface area contributed by atoms with Crippen molar-refractivity contribution in [3.05, 3.63) is 12.7 Å². The van der Waals surface area contributed by atoms with Gasteiger partial charge in [0.25, 0.3) is 0 Å². The molecule has 2 aliphatic rings. The summed E-state index contributed by atoms with van der Waals surface area (Å²) in [5.41, 5.74) is -0.419. The first-order chi connectivity index (χ1) is 8.46. The fraction of sp³-hybridized carbons (Fsp3) is 0.750. The van der Waals surface area contributed by atoms with Gasteiger partial charge in [-0.3, -0.25) is 0 Å².